The van der Waals surface area contributed by atoms with Crippen LogP contribution in [0.3, 0.4) is 0 Å². The third-order valence-electron chi connectivity index (χ3n) is 4.80. The van der Waals surface area contributed by atoms with E-state index in [9.17, 15) is 4.79 Å². The molecule has 130 valence electrons. The molecule has 0 atom stereocenters. The fourth-order valence-electron chi connectivity index (χ4n) is 3.55. The molecule has 0 amide bonds. The number of aromatic nitrogens is 4. The molecule has 5 nitrogen and oxygen atoms in total. The third kappa shape index (κ3) is 2.52. The van der Waals surface area contributed by atoms with Crippen LogP contribution in [0.25, 0.3) is 27.5 Å². The van der Waals surface area contributed by atoms with Gasteiger partial charge in [-0.15, -0.1) is 0 Å². The second-order valence-electron chi connectivity index (χ2n) is 6.45. The normalized spacial score (nSPS) is 11.3. The fourth-order valence-corrected chi connectivity index (χ4v) is 3.55. The molecule has 0 aliphatic carbocycles. The maximum Gasteiger partial charge on any atom is 0.266 e. The van der Waals surface area contributed by atoms with Gasteiger partial charge in [-0.05, 0) is 23.8 Å². The zero-order chi connectivity index (χ0) is 18.2. The molecule has 5 aromatic rings. The highest BCUT2D eigenvalue weighted by molar-refractivity contribution is 6.04. The van der Waals surface area contributed by atoms with Crippen LogP contribution in [0, 0.1) is 0 Å². The predicted octanol–water partition coefficient (Wildman–Crippen LogP) is 3.85. The Morgan fingerprint density at radius 1 is 0.926 bits per heavy atom. The van der Waals surface area contributed by atoms with Crippen LogP contribution < -0.4 is 5.56 Å². The molecule has 2 aromatic carbocycles. The summed E-state index contributed by atoms with van der Waals surface area (Å²) in [6.07, 6.45) is 4.08. The van der Waals surface area contributed by atoms with E-state index in [2.05, 4.69) is 15.2 Å². The van der Waals surface area contributed by atoms with E-state index in [1.807, 2.05) is 66.7 Å². The molecule has 0 saturated heterocycles. The molecular weight excluding hydrogens is 336 g/mol. The van der Waals surface area contributed by atoms with Crippen molar-refractivity contribution in [3.8, 4) is 5.69 Å². The summed E-state index contributed by atoms with van der Waals surface area (Å²) in [6, 6.07) is 21.6. The minimum Gasteiger partial charge on any atom is -0.277 e. The summed E-state index contributed by atoms with van der Waals surface area (Å²) in [6.45, 7) is 0. The molecule has 1 N–H and O–H groups in total. The molecule has 5 rings (SSSR count). The van der Waals surface area contributed by atoms with Crippen molar-refractivity contribution in [1.29, 1.82) is 0 Å². The molecule has 0 aliphatic heterocycles. The molecule has 0 aliphatic rings. The van der Waals surface area contributed by atoms with Crippen molar-refractivity contribution in [3.63, 3.8) is 0 Å². The van der Waals surface area contributed by atoms with E-state index in [1.165, 1.54) is 0 Å². The highest BCUT2D eigenvalue weighted by Gasteiger charge is 2.18. The van der Waals surface area contributed by atoms with E-state index >= 15 is 0 Å². The fraction of sp³-hybridized carbons (Fsp3) is 0.0455. The van der Waals surface area contributed by atoms with Crippen molar-refractivity contribution in [3.05, 3.63) is 101 Å². The lowest BCUT2D eigenvalue weighted by atomic mass is 10.1. The second-order valence-corrected chi connectivity index (χ2v) is 6.45. The molecule has 3 heterocycles. The Bertz CT molecular complexity index is 1300. The largest absolute Gasteiger partial charge is 0.277 e. The Hall–Kier alpha value is -3.73. The predicted molar refractivity (Wildman–Crippen MR) is 106 cm³/mol. The number of aromatic amines is 1. The highest BCUT2D eigenvalue weighted by Crippen LogP contribution is 2.25. The molecule has 27 heavy (non-hydrogen) atoms. The minimum absolute atomic E-state index is 0.0745. The first-order valence-corrected chi connectivity index (χ1v) is 8.78. The van der Waals surface area contributed by atoms with Gasteiger partial charge in [0.2, 0.25) is 0 Å². The lowest BCUT2D eigenvalue weighted by Crippen LogP contribution is -2.19. The van der Waals surface area contributed by atoms with Crippen molar-refractivity contribution in [1.82, 2.24) is 19.7 Å². The first-order chi connectivity index (χ1) is 13.3. The zero-order valence-corrected chi connectivity index (χ0v) is 14.5. The summed E-state index contributed by atoms with van der Waals surface area (Å²) in [4.78, 5) is 17.8. The third-order valence-corrected chi connectivity index (χ3v) is 4.80. The maximum absolute atomic E-state index is 13.5. The lowest BCUT2D eigenvalue weighted by molar-refractivity contribution is 1.01. The average molecular weight is 352 g/mol. The van der Waals surface area contributed by atoms with E-state index in [0.717, 1.165) is 33.4 Å². The first-order valence-electron chi connectivity index (χ1n) is 8.78. The summed E-state index contributed by atoms with van der Waals surface area (Å²) >= 11 is 0. The van der Waals surface area contributed by atoms with E-state index in [0.29, 0.717) is 11.8 Å². The molecule has 0 unspecified atom stereocenters. The van der Waals surface area contributed by atoms with Crippen LogP contribution in [-0.2, 0) is 6.42 Å². The second kappa shape index (κ2) is 6.21. The molecule has 0 radical (unpaired) electrons. The summed E-state index contributed by atoms with van der Waals surface area (Å²) in [5.74, 6) is 0. The van der Waals surface area contributed by atoms with Crippen molar-refractivity contribution in [2.45, 2.75) is 6.42 Å². The Balaban J connectivity index is 1.85. The highest BCUT2D eigenvalue weighted by atomic mass is 16.1. The number of H-pyrrole nitrogens is 1. The Labute approximate surface area is 154 Å². The minimum atomic E-state index is -0.0745. The summed E-state index contributed by atoms with van der Waals surface area (Å²) in [5.41, 5.74) is 4.16. The number of hydrogen-bond acceptors (Lipinski definition) is 3. The average Bonchev–Trinajstić information content (AvgIpc) is 3.14. The monoisotopic (exact) mass is 352 g/mol. The number of para-hydroxylation sites is 1. The topological polar surface area (TPSA) is 63.6 Å². The number of nitrogens with one attached hydrogen (secondary N) is 1. The molecule has 0 spiro atoms. The first kappa shape index (κ1) is 15.5. The van der Waals surface area contributed by atoms with E-state index < -0.39 is 0 Å². The number of pyridine rings is 2. The lowest BCUT2D eigenvalue weighted by Gasteiger charge is -2.11. The van der Waals surface area contributed by atoms with Gasteiger partial charge in [-0.1, -0.05) is 48.5 Å². The molecule has 5 heteroatoms. The number of hydrogen-bond donors (Lipinski definition) is 1. The molecule has 0 fully saturated rings. The number of fused-ring (bicyclic) bond motifs is 3. The van der Waals surface area contributed by atoms with E-state index in [4.69, 9.17) is 0 Å². The van der Waals surface area contributed by atoms with Crippen LogP contribution in [0.5, 0.6) is 0 Å². The van der Waals surface area contributed by atoms with Gasteiger partial charge < -0.3 is 0 Å². The van der Waals surface area contributed by atoms with Gasteiger partial charge in [0, 0.05) is 29.9 Å². The van der Waals surface area contributed by atoms with Gasteiger partial charge in [-0.25, -0.2) is 0 Å². The van der Waals surface area contributed by atoms with Gasteiger partial charge in [0.15, 0.2) is 0 Å². The zero-order valence-electron chi connectivity index (χ0n) is 14.5. The molecule has 0 bridgehead atoms. The summed E-state index contributed by atoms with van der Waals surface area (Å²) in [7, 11) is 0. The number of nitrogens with zero attached hydrogens (tertiary/aromatic N) is 3. The molecule has 3 aromatic heterocycles. The maximum atomic E-state index is 13.5. The van der Waals surface area contributed by atoms with Crippen LogP contribution in [0.15, 0.2) is 83.9 Å². The van der Waals surface area contributed by atoms with Gasteiger partial charge in [0.1, 0.15) is 0 Å². The number of benzene rings is 2. The van der Waals surface area contributed by atoms with Crippen LogP contribution in [-0.4, -0.2) is 19.7 Å². The summed E-state index contributed by atoms with van der Waals surface area (Å²) in [5, 5.41) is 9.03. The SMILES string of the molecule is O=c1c2c(Cc3ccccc3)n[nH]c2c2cnccc2n1-c1ccccc1. The van der Waals surface area contributed by atoms with Crippen LogP contribution in [0.2, 0.25) is 0 Å². The Morgan fingerprint density at radius 2 is 1.67 bits per heavy atom. The van der Waals surface area contributed by atoms with Crippen molar-refractivity contribution in [2.24, 2.45) is 0 Å². The van der Waals surface area contributed by atoms with Crippen LogP contribution in [0.4, 0.5) is 0 Å². The van der Waals surface area contributed by atoms with Gasteiger partial charge in [0.25, 0.3) is 5.56 Å². The number of rotatable bonds is 3. The van der Waals surface area contributed by atoms with E-state index in [1.54, 1.807) is 17.0 Å². The van der Waals surface area contributed by atoms with Crippen LogP contribution in [0.1, 0.15) is 11.3 Å². The Morgan fingerprint density at radius 3 is 2.44 bits per heavy atom. The molecular formula is C22H16N4O. The van der Waals surface area contributed by atoms with Crippen molar-refractivity contribution >= 4 is 21.8 Å². The Kier molecular flexibility index (Phi) is 3.57. The van der Waals surface area contributed by atoms with Gasteiger partial charge in [-0.2, -0.15) is 5.10 Å². The van der Waals surface area contributed by atoms with Gasteiger partial charge >= 0.3 is 0 Å². The van der Waals surface area contributed by atoms with Crippen LogP contribution >= 0.6 is 0 Å². The van der Waals surface area contributed by atoms with E-state index in [-0.39, 0.29) is 5.56 Å². The van der Waals surface area contributed by atoms with Gasteiger partial charge in [0.05, 0.1) is 22.1 Å². The molecule has 0 saturated carbocycles. The van der Waals surface area contributed by atoms with Gasteiger partial charge in [-0.3, -0.25) is 19.4 Å². The summed E-state index contributed by atoms with van der Waals surface area (Å²) < 4.78 is 1.74. The van der Waals surface area contributed by atoms with Crippen molar-refractivity contribution in [2.75, 3.05) is 0 Å². The smallest absolute Gasteiger partial charge is 0.266 e. The van der Waals surface area contributed by atoms with Crippen molar-refractivity contribution < 1.29 is 0 Å². The quantitative estimate of drug-likeness (QED) is 0.536. The standard InChI is InChI=1S/C22H16N4O/c27-22-20-18(13-15-7-3-1-4-8-15)24-25-21(20)17-14-23-12-11-19(17)26(22)16-9-5-2-6-10-16/h1-12,14H,13H2,(H,24,25).